The SMILES string of the molecule is CSCCCNS(=O)(=O)c1c(Cl)ccc(NC(=O)Nc2ccccc2Br)c1O. The Bertz CT molecular complexity index is 957. The number of hydrogen-bond acceptors (Lipinski definition) is 5. The number of thioether (sulfide) groups is 1. The van der Waals surface area contributed by atoms with Gasteiger partial charge in [-0.05, 0) is 58.6 Å². The molecule has 0 unspecified atom stereocenters. The van der Waals surface area contributed by atoms with Gasteiger partial charge < -0.3 is 15.7 Å². The number of hydrogen-bond donors (Lipinski definition) is 4. The Morgan fingerprint density at radius 3 is 2.54 bits per heavy atom. The molecular weight excluding hydrogens is 490 g/mol. The Kier molecular flexibility index (Phi) is 8.44. The van der Waals surface area contributed by atoms with E-state index in [-0.39, 0.29) is 17.3 Å². The number of sulfonamides is 1. The van der Waals surface area contributed by atoms with Crippen molar-refractivity contribution in [2.24, 2.45) is 0 Å². The van der Waals surface area contributed by atoms with Gasteiger partial charge in [-0.15, -0.1) is 0 Å². The van der Waals surface area contributed by atoms with E-state index >= 15 is 0 Å². The predicted octanol–water partition coefficient (Wildman–Crippen LogP) is 4.48. The van der Waals surface area contributed by atoms with E-state index in [4.69, 9.17) is 11.6 Å². The first-order valence-corrected chi connectivity index (χ1v) is 12.1. The first-order chi connectivity index (χ1) is 13.3. The number of para-hydroxylation sites is 1. The average Bonchev–Trinajstić information content (AvgIpc) is 2.63. The molecule has 2 rings (SSSR count). The van der Waals surface area contributed by atoms with Crippen LogP contribution in [0.5, 0.6) is 5.75 Å². The van der Waals surface area contributed by atoms with Crippen LogP contribution in [0, 0.1) is 0 Å². The van der Waals surface area contributed by atoms with Crippen LogP contribution in [-0.2, 0) is 10.0 Å². The molecule has 0 radical (unpaired) electrons. The molecule has 0 aliphatic carbocycles. The Labute approximate surface area is 181 Å². The van der Waals surface area contributed by atoms with E-state index in [9.17, 15) is 18.3 Å². The molecule has 0 aromatic heterocycles. The molecule has 0 atom stereocenters. The van der Waals surface area contributed by atoms with Crippen molar-refractivity contribution < 1.29 is 18.3 Å². The fourth-order valence-corrected chi connectivity index (χ4v) is 4.76. The Hall–Kier alpha value is -1.46. The maximum atomic E-state index is 12.5. The van der Waals surface area contributed by atoms with Gasteiger partial charge in [0.15, 0.2) is 5.75 Å². The fourth-order valence-electron chi connectivity index (χ4n) is 2.24. The number of nitrogens with one attached hydrogen (secondary N) is 3. The van der Waals surface area contributed by atoms with Gasteiger partial charge in [0.25, 0.3) is 0 Å². The van der Waals surface area contributed by atoms with Crippen molar-refractivity contribution in [1.29, 1.82) is 0 Å². The lowest BCUT2D eigenvalue weighted by Crippen LogP contribution is -2.26. The molecule has 7 nitrogen and oxygen atoms in total. The van der Waals surface area contributed by atoms with Crippen LogP contribution in [-0.4, -0.2) is 38.1 Å². The molecular formula is C17H19BrClN3O4S2. The normalized spacial score (nSPS) is 11.2. The maximum absolute atomic E-state index is 12.5. The van der Waals surface area contributed by atoms with Crippen LogP contribution in [0.2, 0.25) is 5.02 Å². The van der Waals surface area contributed by atoms with Gasteiger partial charge in [0, 0.05) is 11.0 Å². The first-order valence-electron chi connectivity index (χ1n) is 8.09. The lowest BCUT2D eigenvalue weighted by Gasteiger charge is -2.14. The summed E-state index contributed by atoms with van der Waals surface area (Å²) in [5, 5.41) is 15.3. The summed E-state index contributed by atoms with van der Waals surface area (Å²) in [4.78, 5) is 11.7. The fraction of sp³-hybridized carbons (Fsp3) is 0.235. The highest BCUT2D eigenvalue weighted by molar-refractivity contribution is 9.10. The van der Waals surface area contributed by atoms with Crippen molar-refractivity contribution in [3.05, 3.63) is 45.9 Å². The minimum Gasteiger partial charge on any atom is -0.504 e. The standard InChI is InChI=1S/C17H19BrClN3O4S2/c1-27-10-4-9-20-28(25,26)16-12(19)7-8-14(15(16)23)22-17(24)21-13-6-3-2-5-11(13)18/h2-3,5-8,20,23H,4,9-10H2,1H3,(H2,21,22,24). The number of urea groups is 1. The molecule has 2 amide bonds. The molecule has 0 heterocycles. The van der Waals surface area contributed by atoms with E-state index in [0.29, 0.717) is 16.6 Å². The van der Waals surface area contributed by atoms with Gasteiger partial charge in [-0.3, -0.25) is 0 Å². The van der Waals surface area contributed by atoms with Crippen molar-refractivity contribution in [2.45, 2.75) is 11.3 Å². The number of carbonyl (C=O) groups is 1. The van der Waals surface area contributed by atoms with Crippen molar-refractivity contribution in [2.75, 3.05) is 29.2 Å². The van der Waals surface area contributed by atoms with E-state index in [1.165, 1.54) is 12.1 Å². The van der Waals surface area contributed by atoms with E-state index in [2.05, 4.69) is 31.3 Å². The quantitative estimate of drug-likeness (QED) is 0.311. The zero-order valence-corrected chi connectivity index (χ0v) is 18.8. The summed E-state index contributed by atoms with van der Waals surface area (Å²) in [7, 11) is -4.05. The number of halogens is 2. The van der Waals surface area contributed by atoms with Crippen LogP contribution in [0.4, 0.5) is 16.2 Å². The van der Waals surface area contributed by atoms with Gasteiger partial charge in [0.1, 0.15) is 4.90 Å². The highest BCUT2D eigenvalue weighted by atomic mass is 79.9. The molecule has 0 fully saturated rings. The van der Waals surface area contributed by atoms with Crippen LogP contribution < -0.4 is 15.4 Å². The third kappa shape index (κ3) is 6.02. The minimum absolute atomic E-state index is 0.0848. The summed E-state index contributed by atoms with van der Waals surface area (Å²) in [6, 6.07) is 8.94. The smallest absolute Gasteiger partial charge is 0.323 e. The van der Waals surface area contributed by atoms with Gasteiger partial charge in [-0.25, -0.2) is 17.9 Å². The minimum atomic E-state index is -4.05. The van der Waals surface area contributed by atoms with Crippen LogP contribution in [0.25, 0.3) is 0 Å². The highest BCUT2D eigenvalue weighted by Crippen LogP contribution is 2.37. The van der Waals surface area contributed by atoms with Crippen molar-refractivity contribution in [3.8, 4) is 5.75 Å². The molecule has 0 saturated carbocycles. The molecule has 2 aromatic carbocycles. The highest BCUT2D eigenvalue weighted by Gasteiger charge is 2.25. The first kappa shape index (κ1) is 22.8. The Balaban J connectivity index is 2.19. The Morgan fingerprint density at radius 2 is 1.86 bits per heavy atom. The van der Waals surface area contributed by atoms with Crippen molar-refractivity contribution in [1.82, 2.24) is 4.72 Å². The van der Waals surface area contributed by atoms with Gasteiger partial charge in [0.05, 0.1) is 16.4 Å². The molecule has 0 aliphatic heterocycles. The van der Waals surface area contributed by atoms with Crippen LogP contribution in [0.1, 0.15) is 6.42 Å². The van der Waals surface area contributed by atoms with Gasteiger partial charge in [-0.1, -0.05) is 23.7 Å². The van der Waals surface area contributed by atoms with E-state index in [1.807, 2.05) is 6.26 Å². The molecule has 4 N–H and O–H groups in total. The molecule has 0 saturated heterocycles. The predicted molar refractivity (Wildman–Crippen MR) is 118 cm³/mol. The molecule has 0 aliphatic rings. The largest absolute Gasteiger partial charge is 0.504 e. The number of carbonyl (C=O) groups excluding carboxylic acids is 1. The topological polar surface area (TPSA) is 108 Å². The number of rotatable bonds is 8. The monoisotopic (exact) mass is 507 g/mol. The second-order valence-corrected chi connectivity index (χ2v) is 9.53. The molecule has 2 aromatic rings. The lowest BCUT2D eigenvalue weighted by atomic mass is 10.3. The second-order valence-electron chi connectivity index (χ2n) is 5.58. The zero-order chi connectivity index (χ0) is 20.7. The third-order valence-corrected chi connectivity index (χ3v) is 6.89. The summed E-state index contributed by atoms with van der Waals surface area (Å²) in [5.41, 5.74) is 0.426. The summed E-state index contributed by atoms with van der Waals surface area (Å²) in [6.07, 6.45) is 2.55. The van der Waals surface area contributed by atoms with Gasteiger partial charge in [-0.2, -0.15) is 11.8 Å². The molecule has 11 heteroatoms. The van der Waals surface area contributed by atoms with Crippen LogP contribution in [0.15, 0.2) is 45.8 Å². The zero-order valence-electron chi connectivity index (χ0n) is 14.8. The van der Waals surface area contributed by atoms with Gasteiger partial charge >= 0.3 is 6.03 Å². The summed E-state index contributed by atoms with van der Waals surface area (Å²) in [5.74, 6) is 0.158. The molecule has 152 valence electrons. The van der Waals surface area contributed by atoms with E-state index < -0.39 is 26.7 Å². The molecule has 0 spiro atoms. The van der Waals surface area contributed by atoms with Crippen LogP contribution in [0.3, 0.4) is 0 Å². The number of anilines is 2. The maximum Gasteiger partial charge on any atom is 0.323 e. The molecule has 28 heavy (non-hydrogen) atoms. The third-order valence-electron chi connectivity index (χ3n) is 3.54. The lowest BCUT2D eigenvalue weighted by molar-refractivity contribution is 0.262. The average molecular weight is 509 g/mol. The summed E-state index contributed by atoms with van der Waals surface area (Å²) in [6.45, 7) is 0.207. The Morgan fingerprint density at radius 1 is 1.18 bits per heavy atom. The number of phenolic OH excluding ortho intramolecular Hbond substituents is 1. The molecule has 0 bridgehead atoms. The number of amides is 2. The van der Waals surface area contributed by atoms with E-state index in [0.717, 1.165) is 5.75 Å². The second kappa shape index (κ2) is 10.4. The summed E-state index contributed by atoms with van der Waals surface area (Å²) >= 11 is 10.9. The number of aromatic hydroxyl groups is 1. The van der Waals surface area contributed by atoms with E-state index in [1.54, 1.807) is 36.0 Å². The van der Waals surface area contributed by atoms with Gasteiger partial charge in [0.2, 0.25) is 10.0 Å². The number of benzene rings is 2. The summed E-state index contributed by atoms with van der Waals surface area (Å²) < 4.78 is 28.1. The van der Waals surface area contributed by atoms with Crippen molar-refractivity contribution in [3.63, 3.8) is 0 Å². The van der Waals surface area contributed by atoms with Crippen molar-refractivity contribution >= 4 is 66.7 Å². The number of phenols is 1. The van der Waals surface area contributed by atoms with Crippen LogP contribution >= 0.6 is 39.3 Å².